The Bertz CT molecular complexity index is 281. The quantitative estimate of drug-likeness (QED) is 0.332. The molecule has 0 bridgehead atoms. The zero-order valence-corrected chi connectivity index (χ0v) is 12.7. The summed E-state index contributed by atoms with van der Waals surface area (Å²) in [5.74, 6) is 0.864. The van der Waals surface area contributed by atoms with E-state index in [0.29, 0.717) is 13.0 Å². The Hall–Kier alpha value is -0.790. The van der Waals surface area contributed by atoms with Crippen LogP contribution in [0.2, 0.25) is 0 Å². The number of carbonyl (C=O) groups is 1. The third-order valence-electron chi connectivity index (χ3n) is 3.99. The molecule has 0 fully saturated rings. The van der Waals surface area contributed by atoms with Gasteiger partial charge in [0.1, 0.15) is 0 Å². The molecule has 0 amide bonds. The standard InChI is InChI=1S/C17H30O2/c1-3-5-7-15-8-10-16(11-9-15)12-13-17(18)19-14-6-4-2/h10,15H,3-9,11-14H2,1-2H3/t15-/m1/s1. The highest BCUT2D eigenvalue weighted by molar-refractivity contribution is 5.69. The number of esters is 1. The van der Waals surface area contributed by atoms with E-state index >= 15 is 0 Å². The summed E-state index contributed by atoms with van der Waals surface area (Å²) < 4.78 is 5.18. The predicted molar refractivity (Wildman–Crippen MR) is 80.1 cm³/mol. The molecule has 2 heteroatoms. The minimum Gasteiger partial charge on any atom is -0.466 e. The summed E-state index contributed by atoms with van der Waals surface area (Å²) in [5, 5.41) is 0. The molecule has 0 unspecified atom stereocenters. The van der Waals surface area contributed by atoms with E-state index in [0.717, 1.165) is 25.2 Å². The molecule has 0 spiro atoms. The Labute approximate surface area is 118 Å². The van der Waals surface area contributed by atoms with Gasteiger partial charge < -0.3 is 4.74 Å². The molecule has 0 N–H and O–H groups in total. The van der Waals surface area contributed by atoms with Gasteiger partial charge in [0.2, 0.25) is 0 Å². The fourth-order valence-electron chi connectivity index (χ4n) is 2.59. The lowest BCUT2D eigenvalue weighted by molar-refractivity contribution is -0.143. The van der Waals surface area contributed by atoms with E-state index in [-0.39, 0.29) is 5.97 Å². The Morgan fingerprint density at radius 2 is 2.11 bits per heavy atom. The van der Waals surface area contributed by atoms with Crippen molar-refractivity contribution in [1.29, 1.82) is 0 Å². The minimum atomic E-state index is -0.0255. The van der Waals surface area contributed by atoms with Gasteiger partial charge in [-0.05, 0) is 38.0 Å². The molecule has 19 heavy (non-hydrogen) atoms. The molecule has 1 rings (SSSR count). The number of rotatable bonds is 9. The topological polar surface area (TPSA) is 26.3 Å². The Kier molecular flexibility index (Phi) is 8.61. The smallest absolute Gasteiger partial charge is 0.306 e. The van der Waals surface area contributed by atoms with Crippen LogP contribution in [0, 0.1) is 5.92 Å². The van der Waals surface area contributed by atoms with Gasteiger partial charge in [0.05, 0.1) is 6.61 Å². The van der Waals surface area contributed by atoms with Gasteiger partial charge in [0.15, 0.2) is 0 Å². The highest BCUT2D eigenvalue weighted by atomic mass is 16.5. The van der Waals surface area contributed by atoms with Crippen molar-refractivity contribution >= 4 is 5.97 Å². The van der Waals surface area contributed by atoms with Crippen LogP contribution in [0.5, 0.6) is 0 Å². The molecule has 2 nitrogen and oxygen atoms in total. The number of carbonyl (C=O) groups excluding carboxylic acids is 1. The van der Waals surface area contributed by atoms with Crippen molar-refractivity contribution in [3.8, 4) is 0 Å². The fraction of sp³-hybridized carbons (Fsp3) is 0.824. The highest BCUT2D eigenvalue weighted by Gasteiger charge is 2.14. The SMILES string of the molecule is CCCCOC(=O)CCC1=CC[C@@H](CCCC)CC1. The van der Waals surface area contributed by atoms with Crippen molar-refractivity contribution in [2.75, 3.05) is 6.61 Å². The first kappa shape index (κ1) is 16.3. The molecule has 0 aromatic heterocycles. The third-order valence-corrected chi connectivity index (χ3v) is 3.99. The molecule has 0 radical (unpaired) electrons. The van der Waals surface area contributed by atoms with Crippen LogP contribution >= 0.6 is 0 Å². The van der Waals surface area contributed by atoms with Crippen LogP contribution in [0.25, 0.3) is 0 Å². The normalized spacial score (nSPS) is 19.1. The molecule has 0 aromatic rings. The van der Waals surface area contributed by atoms with Gasteiger partial charge in [0.25, 0.3) is 0 Å². The van der Waals surface area contributed by atoms with Crippen LogP contribution < -0.4 is 0 Å². The molecule has 0 saturated carbocycles. The predicted octanol–water partition coefficient (Wildman–Crippen LogP) is 5.03. The summed E-state index contributed by atoms with van der Waals surface area (Å²) in [6.45, 7) is 4.96. The van der Waals surface area contributed by atoms with Crippen LogP contribution in [-0.4, -0.2) is 12.6 Å². The molecule has 0 heterocycles. The Balaban J connectivity index is 2.13. The molecule has 1 atom stereocenters. The number of hydrogen-bond donors (Lipinski definition) is 0. The van der Waals surface area contributed by atoms with Crippen molar-refractivity contribution in [3.05, 3.63) is 11.6 Å². The van der Waals surface area contributed by atoms with E-state index in [1.54, 1.807) is 0 Å². The average molecular weight is 266 g/mol. The monoisotopic (exact) mass is 266 g/mol. The van der Waals surface area contributed by atoms with E-state index in [1.165, 1.54) is 44.1 Å². The third kappa shape index (κ3) is 7.39. The molecule has 0 saturated heterocycles. The number of ether oxygens (including phenoxy) is 1. The van der Waals surface area contributed by atoms with Gasteiger partial charge in [-0.1, -0.05) is 51.2 Å². The maximum absolute atomic E-state index is 11.5. The van der Waals surface area contributed by atoms with Crippen LogP contribution in [0.15, 0.2) is 11.6 Å². The zero-order chi connectivity index (χ0) is 13.9. The van der Waals surface area contributed by atoms with E-state index in [1.807, 2.05) is 0 Å². The van der Waals surface area contributed by atoms with Gasteiger partial charge in [-0.2, -0.15) is 0 Å². The summed E-state index contributed by atoms with van der Waals surface area (Å²) in [4.78, 5) is 11.5. The van der Waals surface area contributed by atoms with E-state index in [9.17, 15) is 4.79 Å². The van der Waals surface area contributed by atoms with Crippen molar-refractivity contribution in [1.82, 2.24) is 0 Å². The lowest BCUT2D eigenvalue weighted by Crippen LogP contribution is -2.09. The Morgan fingerprint density at radius 3 is 2.74 bits per heavy atom. The fourth-order valence-corrected chi connectivity index (χ4v) is 2.59. The van der Waals surface area contributed by atoms with E-state index in [4.69, 9.17) is 4.74 Å². The summed E-state index contributed by atoms with van der Waals surface area (Å²) >= 11 is 0. The highest BCUT2D eigenvalue weighted by Crippen LogP contribution is 2.29. The molecule has 0 aromatic carbocycles. The summed E-state index contributed by atoms with van der Waals surface area (Å²) in [6.07, 6.45) is 13.7. The van der Waals surface area contributed by atoms with Crippen molar-refractivity contribution in [3.63, 3.8) is 0 Å². The van der Waals surface area contributed by atoms with Crippen LogP contribution in [-0.2, 0) is 9.53 Å². The minimum absolute atomic E-state index is 0.0255. The summed E-state index contributed by atoms with van der Waals surface area (Å²) in [7, 11) is 0. The maximum Gasteiger partial charge on any atom is 0.306 e. The molecular weight excluding hydrogens is 236 g/mol. The van der Waals surface area contributed by atoms with E-state index < -0.39 is 0 Å². The van der Waals surface area contributed by atoms with Crippen LogP contribution in [0.4, 0.5) is 0 Å². The first-order valence-corrected chi connectivity index (χ1v) is 8.09. The lowest BCUT2D eigenvalue weighted by Gasteiger charge is -2.21. The summed E-state index contributed by atoms with van der Waals surface area (Å²) in [5.41, 5.74) is 1.47. The number of hydrogen-bond acceptors (Lipinski definition) is 2. The molecule has 110 valence electrons. The van der Waals surface area contributed by atoms with Gasteiger partial charge in [-0.25, -0.2) is 0 Å². The molecule has 0 aliphatic heterocycles. The maximum atomic E-state index is 11.5. The first-order chi connectivity index (χ1) is 9.26. The molecular formula is C17H30O2. The van der Waals surface area contributed by atoms with Gasteiger partial charge in [0, 0.05) is 6.42 Å². The second kappa shape index (κ2) is 10.1. The zero-order valence-electron chi connectivity index (χ0n) is 12.7. The number of allylic oxidation sites excluding steroid dienone is 2. The number of unbranched alkanes of at least 4 members (excludes halogenated alkanes) is 2. The summed E-state index contributed by atoms with van der Waals surface area (Å²) in [6, 6.07) is 0. The first-order valence-electron chi connectivity index (χ1n) is 8.09. The van der Waals surface area contributed by atoms with Gasteiger partial charge in [-0.3, -0.25) is 4.79 Å². The van der Waals surface area contributed by atoms with Crippen LogP contribution in [0.3, 0.4) is 0 Å². The van der Waals surface area contributed by atoms with Gasteiger partial charge in [-0.15, -0.1) is 0 Å². The largest absolute Gasteiger partial charge is 0.466 e. The average Bonchev–Trinajstić information content (AvgIpc) is 2.44. The van der Waals surface area contributed by atoms with Crippen molar-refractivity contribution in [2.45, 2.75) is 78.1 Å². The van der Waals surface area contributed by atoms with Crippen molar-refractivity contribution in [2.24, 2.45) is 5.92 Å². The Morgan fingerprint density at radius 1 is 1.32 bits per heavy atom. The second-order valence-electron chi connectivity index (χ2n) is 5.72. The van der Waals surface area contributed by atoms with Crippen LogP contribution in [0.1, 0.15) is 78.1 Å². The molecule has 1 aliphatic carbocycles. The second-order valence-corrected chi connectivity index (χ2v) is 5.72. The van der Waals surface area contributed by atoms with Gasteiger partial charge >= 0.3 is 5.97 Å². The van der Waals surface area contributed by atoms with Crippen molar-refractivity contribution < 1.29 is 9.53 Å². The lowest BCUT2D eigenvalue weighted by atomic mass is 9.85. The van der Waals surface area contributed by atoms with E-state index in [2.05, 4.69) is 19.9 Å². The molecule has 1 aliphatic rings.